The van der Waals surface area contributed by atoms with Crippen LogP contribution in [0.5, 0.6) is 0 Å². The van der Waals surface area contributed by atoms with Crippen molar-refractivity contribution in [3.05, 3.63) is 120 Å². The number of benzene rings is 3. The molecule has 3 aromatic carbocycles. The van der Waals surface area contributed by atoms with Crippen LogP contribution < -0.4 is 0 Å². The number of nitrogens with zero attached hydrogens (tertiary/aromatic N) is 4. The van der Waals surface area contributed by atoms with Gasteiger partial charge in [0.1, 0.15) is 0 Å². The van der Waals surface area contributed by atoms with Crippen molar-refractivity contribution >= 4 is 11.4 Å². The Labute approximate surface area is 251 Å². The second-order valence-electron chi connectivity index (χ2n) is 9.67. The molecule has 0 amide bonds. The van der Waals surface area contributed by atoms with Gasteiger partial charge in [-0.3, -0.25) is 0 Å². The molecule has 199 valence electrons. The van der Waals surface area contributed by atoms with E-state index < -0.39 is 13.7 Å². The smallest absolute Gasteiger partial charge is 0.256 e. The Morgan fingerprint density at radius 2 is 1.54 bits per heavy atom. The summed E-state index contributed by atoms with van der Waals surface area (Å²) < 4.78 is 51.9. The van der Waals surface area contributed by atoms with E-state index in [1.807, 2.05) is 65.2 Å². The third-order valence-corrected chi connectivity index (χ3v) is 5.87. The average molecular weight is 697 g/mol. The molecule has 5 nitrogen and oxygen atoms in total. The molecule has 0 unspecified atom stereocenters. The first-order chi connectivity index (χ1) is 20.7. The number of rotatable bonds is 3. The Morgan fingerprint density at radius 3 is 2.15 bits per heavy atom. The first-order valence-electron chi connectivity index (χ1n) is 15.1. The van der Waals surface area contributed by atoms with Crippen molar-refractivity contribution in [3.63, 3.8) is 0 Å². The molecule has 0 aliphatic carbocycles. The molecular formula is C33H30IrN4O-2. The van der Waals surface area contributed by atoms with E-state index in [1.165, 1.54) is 6.20 Å². The summed E-state index contributed by atoms with van der Waals surface area (Å²) in [5, 5.41) is 0. The van der Waals surface area contributed by atoms with Crippen LogP contribution in [0.1, 0.15) is 46.0 Å². The van der Waals surface area contributed by atoms with Crippen LogP contribution in [0.25, 0.3) is 39.7 Å². The van der Waals surface area contributed by atoms with Crippen LogP contribution in [0.15, 0.2) is 95.5 Å². The van der Waals surface area contributed by atoms with Gasteiger partial charge in [-0.05, 0) is 35.2 Å². The number of aryl methyl sites for hydroxylation is 2. The zero-order chi connectivity index (χ0) is 31.7. The zero-order valence-corrected chi connectivity index (χ0v) is 24.1. The molecular weight excluding hydrogens is 661 g/mol. The van der Waals surface area contributed by atoms with Crippen molar-refractivity contribution in [1.29, 1.82) is 0 Å². The number of oxazole rings is 1. The molecule has 3 aromatic heterocycles. The van der Waals surface area contributed by atoms with Crippen molar-refractivity contribution in [3.8, 4) is 28.3 Å². The third kappa shape index (κ3) is 6.25. The summed E-state index contributed by atoms with van der Waals surface area (Å²) in [4.78, 5) is 13.0. The van der Waals surface area contributed by atoms with Gasteiger partial charge in [0.2, 0.25) is 0 Å². The first kappa shape index (κ1) is 21.0. The average Bonchev–Trinajstić information content (AvgIpc) is 3.57. The minimum Gasteiger partial charge on any atom is -0.422 e. The Bertz CT molecular complexity index is 1860. The van der Waals surface area contributed by atoms with Gasteiger partial charge in [-0.1, -0.05) is 51.1 Å². The van der Waals surface area contributed by atoms with Crippen molar-refractivity contribution in [1.82, 2.24) is 19.5 Å². The molecule has 0 atom stereocenters. The maximum atomic E-state index is 7.61. The summed E-state index contributed by atoms with van der Waals surface area (Å²) in [6, 6.07) is 32.4. The molecule has 0 spiro atoms. The SMILES string of the molecule is [2H]C([2H])([2H])c1ccc(-c2[c-]cccc2)nc1.[2H]C([2H])([2H])c1nc2c(nc(-c3[c-]cccc3)n2-c2ccccc2C(C)(C)C)o1.[Ir]. The van der Waals surface area contributed by atoms with E-state index in [1.54, 1.807) is 18.2 Å². The zero-order valence-electron chi connectivity index (χ0n) is 27.7. The van der Waals surface area contributed by atoms with Crippen molar-refractivity contribution in [2.24, 2.45) is 0 Å². The van der Waals surface area contributed by atoms with E-state index in [0.29, 0.717) is 11.5 Å². The topological polar surface area (TPSA) is 56.7 Å². The van der Waals surface area contributed by atoms with E-state index in [0.717, 1.165) is 28.1 Å². The van der Waals surface area contributed by atoms with Gasteiger partial charge in [0.25, 0.3) is 5.71 Å². The molecule has 0 aliphatic heterocycles. The van der Waals surface area contributed by atoms with Gasteiger partial charge < -0.3 is 14.0 Å². The molecule has 0 fully saturated rings. The summed E-state index contributed by atoms with van der Waals surface area (Å²) in [5.41, 5.74) is 5.04. The minimum atomic E-state index is -2.44. The molecule has 6 rings (SSSR count). The van der Waals surface area contributed by atoms with Crippen LogP contribution in [0.3, 0.4) is 0 Å². The Balaban J connectivity index is 0.000000231. The molecule has 0 saturated carbocycles. The molecule has 1 radical (unpaired) electrons. The fourth-order valence-electron chi connectivity index (χ4n) is 4.12. The largest absolute Gasteiger partial charge is 0.422 e. The maximum Gasteiger partial charge on any atom is 0.256 e. The van der Waals surface area contributed by atoms with Crippen molar-refractivity contribution in [2.45, 2.75) is 39.9 Å². The molecule has 0 aliphatic rings. The van der Waals surface area contributed by atoms with Crippen LogP contribution in [0.2, 0.25) is 0 Å². The van der Waals surface area contributed by atoms with Crippen molar-refractivity contribution < 1.29 is 32.7 Å². The molecule has 0 N–H and O–H groups in total. The summed E-state index contributed by atoms with van der Waals surface area (Å²) in [7, 11) is 0. The quantitative estimate of drug-likeness (QED) is 0.177. The predicted octanol–water partition coefficient (Wildman–Crippen LogP) is 7.94. The van der Waals surface area contributed by atoms with Gasteiger partial charge in [0, 0.05) is 47.1 Å². The molecule has 3 heterocycles. The maximum absolute atomic E-state index is 7.61. The summed E-state index contributed by atoms with van der Waals surface area (Å²) in [5.74, 6) is 0.297. The van der Waals surface area contributed by atoms with E-state index in [4.69, 9.17) is 12.6 Å². The Hall–Kier alpha value is -3.86. The fraction of sp³-hybridized carbons (Fsp3) is 0.182. The van der Waals surface area contributed by atoms with Crippen LogP contribution in [0.4, 0.5) is 0 Å². The van der Waals surface area contributed by atoms with Crippen LogP contribution in [0, 0.1) is 25.8 Å². The molecule has 6 aromatic rings. The number of hydrogen-bond donors (Lipinski definition) is 0. The van der Waals surface area contributed by atoms with E-state index in [2.05, 4.69) is 53.9 Å². The predicted molar refractivity (Wildman–Crippen MR) is 152 cm³/mol. The van der Waals surface area contributed by atoms with E-state index >= 15 is 0 Å². The first-order valence-corrected chi connectivity index (χ1v) is 12.1. The normalized spacial score (nSPS) is 13.9. The van der Waals surface area contributed by atoms with Gasteiger partial charge in [-0.15, -0.1) is 71.8 Å². The number of hydrogen-bond acceptors (Lipinski definition) is 4. The third-order valence-electron chi connectivity index (χ3n) is 5.87. The van der Waals surface area contributed by atoms with E-state index in [9.17, 15) is 0 Å². The number of pyridine rings is 1. The molecule has 0 bridgehead atoms. The van der Waals surface area contributed by atoms with Gasteiger partial charge in [0.05, 0.1) is 5.82 Å². The van der Waals surface area contributed by atoms with Crippen LogP contribution in [-0.4, -0.2) is 19.5 Å². The van der Waals surface area contributed by atoms with Crippen molar-refractivity contribution in [2.75, 3.05) is 0 Å². The van der Waals surface area contributed by atoms with E-state index in [-0.39, 0.29) is 42.7 Å². The molecule has 6 heteroatoms. The Kier molecular flexibility index (Phi) is 6.41. The monoisotopic (exact) mass is 697 g/mol. The molecule has 0 saturated heterocycles. The number of imidazole rings is 1. The number of aromatic nitrogens is 4. The fourth-order valence-corrected chi connectivity index (χ4v) is 4.12. The molecule has 39 heavy (non-hydrogen) atoms. The number of para-hydroxylation sites is 1. The van der Waals surface area contributed by atoms with Gasteiger partial charge in [0.15, 0.2) is 11.5 Å². The van der Waals surface area contributed by atoms with Crippen LogP contribution in [-0.2, 0) is 25.5 Å². The van der Waals surface area contributed by atoms with Gasteiger partial charge in [-0.25, -0.2) is 4.98 Å². The Morgan fingerprint density at radius 1 is 0.821 bits per heavy atom. The summed E-state index contributed by atoms with van der Waals surface area (Å²) >= 11 is 0. The second-order valence-corrected chi connectivity index (χ2v) is 9.67. The van der Waals surface area contributed by atoms with Gasteiger partial charge >= 0.3 is 0 Å². The van der Waals surface area contributed by atoms with Gasteiger partial charge in [-0.2, -0.15) is 4.98 Å². The minimum absolute atomic E-state index is 0. The van der Waals surface area contributed by atoms with Crippen LogP contribution >= 0.6 is 0 Å². The number of fused-ring (bicyclic) bond motifs is 1. The second kappa shape index (κ2) is 11.9. The summed E-state index contributed by atoms with van der Waals surface area (Å²) in [6.45, 7) is 1.86. The standard InChI is InChI=1S/C21H20N3O.C12H10N.Ir/c1-14-22-19-20(25-14)23-18(15-10-6-5-7-11-15)24(19)17-13-9-8-12-16(17)21(2,3)4;1-10-7-8-12(13-9-10)11-5-3-2-4-6-11;/h5-10,12-13H,1-4H3;2-5,7-9H,1H3;/q2*-1;/i2*1D3;. The summed E-state index contributed by atoms with van der Waals surface area (Å²) in [6.07, 6.45) is 1.39.